The minimum absolute atomic E-state index is 0.0900. The standard InChI is InChI=1S/C21H17N3O3S/c25-20(10-14-11-22-16-4-2-1-3-15(14)16)24-21-23-17(12-28-21)13-5-6-18-19(9-13)27-8-7-26-18/h1-6,9,11-12,22H,7-8,10H2,(H,23,24,25). The normalized spacial score (nSPS) is 12.9. The number of carbonyl (C=O) groups excluding carboxylic acids is 1. The van der Waals surface area contributed by atoms with E-state index in [2.05, 4.69) is 15.3 Å². The smallest absolute Gasteiger partial charge is 0.230 e. The van der Waals surface area contributed by atoms with Crippen molar-refractivity contribution in [2.24, 2.45) is 0 Å². The van der Waals surface area contributed by atoms with Crippen molar-refractivity contribution in [3.8, 4) is 22.8 Å². The highest BCUT2D eigenvalue weighted by Crippen LogP contribution is 2.35. The molecule has 0 bridgehead atoms. The van der Waals surface area contributed by atoms with Crippen LogP contribution in [-0.2, 0) is 11.2 Å². The fraction of sp³-hybridized carbons (Fsp3) is 0.143. The van der Waals surface area contributed by atoms with Gasteiger partial charge in [0.2, 0.25) is 5.91 Å². The highest BCUT2D eigenvalue weighted by atomic mass is 32.1. The molecule has 28 heavy (non-hydrogen) atoms. The maximum atomic E-state index is 12.5. The second kappa shape index (κ2) is 7.01. The highest BCUT2D eigenvalue weighted by molar-refractivity contribution is 7.14. The Morgan fingerprint density at radius 3 is 2.93 bits per heavy atom. The van der Waals surface area contributed by atoms with Crippen LogP contribution < -0.4 is 14.8 Å². The quantitative estimate of drug-likeness (QED) is 0.545. The Labute approximate surface area is 165 Å². The number of carbonyl (C=O) groups is 1. The van der Waals surface area contributed by atoms with E-state index in [1.54, 1.807) is 0 Å². The number of nitrogens with one attached hydrogen (secondary N) is 2. The van der Waals surface area contributed by atoms with E-state index in [9.17, 15) is 4.79 Å². The van der Waals surface area contributed by atoms with Crippen LogP contribution in [-0.4, -0.2) is 29.1 Å². The summed E-state index contributed by atoms with van der Waals surface area (Å²) in [5.41, 5.74) is 3.72. The number of amides is 1. The van der Waals surface area contributed by atoms with Gasteiger partial charge in [0.25, 0.3) is 0 Å². The number of ether oxygens (including phenoxy) is 2. The van der Waals surface area contributed by atoms with Gasteiger partial charge in [-0.05, 0) is 29.8 Å². The molecule has 3 heterocycles. The molecule has 2 N–H and O–H groups in total. The summed E-state index contributed by atoms with van der Waals surface area (Å²) >= 11 is 1.40. The van der Waals surface area contributed by atoms with E-state index in [-0.39, 0.29) is 5.91 Å². The summed E-state index contributed by atoms with van der Waals surface area (Å²) in [7, 11) is 0. The van der Waals surface area contributed by atoms with Gasteiger partial charge in [0.05, 0.1) is 12.1 Å². The lowest BCUT2D eigenvalue weighted by Crippen LogP contribution is -2.15. The molecule has 2 aromatic carbocycles. The second-order valence-corrected chi connectivity index (χ2v) is 7.34. The predicted octanol–water partition coefficient (Wildman–Crippen LogP) is 4.24. The molecule has 1 aliphatic rings. The van der Waals surface area contributed by atoms with Crippen LogP contribution in [0.1, 0.15) is 5.56 Å². The fourth-order valence-corrected chi connectivity index (χ4v) is 4.02. The number of fused-ring (bicyclic) bond motifs is 2. The van der Waals surface area contributed by atoms with Crippen LogP contribution in [0.3, 0.4) is 0 Å². The Morgan fingerprint density at radius 2 is 2.00 bits per heavy atom. The Kier molecular flexibility index (Phi) is 4.21. The minimum atomic E-state index is -0.0900. The number of nitrogens with zero attached hydrogens (tertiary/aromatic N) is 1. The van der Waals surface area contributed by atoms with Crippen molar-refractivity contribution in [3.05, 3.63) is 59.6 Å². The second-order valence-electron chi connectivity index (χ2n) is 6.48. The molecule has 4 aromatic rings. The number of aromatic amines is 1. The average Bonchev–Trinajstić information content (AvgIpc) is 3.35. The lowest BCUT2D eigenvalue weighted by atomic mass is 10.1. The molecular formula is C21H17N3O3S. The van der Waals surface area contributed by atoms with Crippen LogP contribution in [0.15, 0.2) is 54.0 Å². The fourth-order valence-electron chi connectivity index (χ4n) is 3.28. The summed E-state index contributed by atoms with van der Waals surface area (Å²) in [5, 5.41) is 6.46. The predicted molar refractivity (Wildman–Crippen MR) is 109 cm³/mol. The molecule has 0 spiro atoms. The van der Waals surface area contributed by atoms with Crippen LogP contribution in [0.2, 0.25) is 0 Å². The molecule has 0 fully saturated rings. The third-order valence-corrected chi connectivity index (χ3v) is 5.37. The summed E-state index contributed by atoms with van der Waals surface area (Å²) in [5.74, 6) is 1.38. The van der Waals surface area contributed by atoms with E-state index in [1.165, 1.54) is 11.3 Å². The van der Waals surface area contributed by atoms with E-state index < -0.39 is 0 Å². The average molecular weight is 391 g/mol. The van der Waals surface area contributed by atoms with E-state index in [0.717, 1.165) is 39.2 Å². The Hall–Kier alpha value is -3.32. The first kappa shape index (κ1) is 16.8. The van der Waals surface area contributed by atoms with Crippen molar-refractivity contribution in [2.45, 2.75) is 6.42 Å². The van der Waals surface area contributed by atoms with Crippen molar-refractivity contribution in [2.75, 3.05) is 18.5 Å². The van der Waals surface area contributed by atoms with Gasteiger partial charge < -0.3 is 19.8 Å². The van der Waals surface area contributed by atoms with E-state index in [1.807, 2.05) is 54.0 Å². The van der Waals surface area contributed by atoms with Crippen LogP contribution in [0.5, 0.6) is 11.5 Å². The minimum Gasteiger partial charge on any atom is -0.486 e. The molecule has 0 saturated heterocycles. The maximum Gasteiger partial charge on any atom is 0.230 e. The first-order valence-corrected chi connectivity index (χ1v) is 9.84. The van der Waals surface area contributed by atoms with Gasteiger partial charge in [0, 0.05) is 28.0 Å². The monoisotopic (exact) mass is 391 g/mol. The van der Waals surface area contributed by atoms with E-state index in [4.69, 9.17) is 9.47 Å². The summed E-state index contributed by atoms with van der Waals surface area (Å²) < 4.78 is 11.2. The zero-order valence-corrected chi connectivity index (χ0v) is 15.7. The Bertz CT molecular complexity index is 1160. The number of thiazole rings is 1. The van der Waals surface area contributed by atoms with Crippen molar-refractivity contribution in [1.82, 2.24) is 9.97 Å². The molecule has 140 valence electrons. The molecule has 0 atom stereocenters. The molecule has 0 radical (unpaired) electrons. The number of anilines is 1. The molecule has 0 saturated carbocycles. The van der Waals surface area contributed by atoms with Gasteiger partial charge in [-0.25, -0.2) is 4.98 Å². The number of hydrogen-bond donors (Lipinski definition) is 2. The van der Waals surface area contributed by atoms with Gasteiger partial charge >= 0.3 is 0 Å². The SMILES string of the molecule is O=C(Cc1c[nH]c2ccccc12)Nc1nc(-c2ccc3c(c2)OCCO3)cs1. The Morgan fingerprint density at radius 1 is 1.14 bits per heavy atom. The number of hydrogen-bond acceptors (Lipinski definition) is 5. The van der Waals surface area contributed by atoms with Gasteiger partial charge in [0.1, 0.15) is 13.2 Å². The lowest BCUT2D eigenvalue weighted by molar-refractivity contribution is -0.115. The van der Waals surface area contributed by atoms with Crippen LogP contribution in [0.4, 0.5) is 5.13 Å². The summed E-state index contributed by atoms with van der Waals surface area (Å²) in [6, 6.07) is 13.7. The van der Waals surface area contributed by atoms with Gasteiger partial charge in [-0.2, -0.15) is 0 Å². The van der Waals surface area contributed by atoms with Crippen molar-refractivity contribution < 1.29 is 14.3 Å². The van der Waals surface area contributed by atoms with Gasteiger partial charge in [0.15, 0.2) is 16.6 Å². The molecule has 2 aromatic heterocycles. The zero-order chi connectivity index (χ0) is 18.9. The lowest BCUT2D eigenvalue weighted by Gasteiger charge is -2.18. The number of aromatic nitrogens is 2. The largest absolute Gasteiger partial charge is 0.486 e. The number of rotatable bonds is 4. The molecule has 7 heteroatoms. The maximum absolute atomic E-state index is 12.5. The first-order chi connectivity index (χ1) is 13.8. The molecule has 0 unspecified atom stereocenters. The van der Waals surface area contributed by atoms with Crippen molar-refractivity contribution >= 4 is 33.3 Å². The van der Waals surface area contributed by atoms with Crippen LogP contribution >= 0.6 is 11.3 Å². The molecule has 0 aliphatic carbocycles. The summed E-state index contributed by atoms with van der Waals surface area (Å²) in [6.45, 7) is 1.11. The first-order valence-electron chi connectivity index (χ1n) is 8.97. The topological polar surface area (TPSA) is 76.2 Å². The number of H-pyrrole nitrogens is 1. The van der Waals surface area contributed by atoms with Crippen LogP contribution in [0, 0.1) is 0 Å². The van der Waals surface area contributed by atoms with E-state index >= 15 is 0 Å². The highest BCUT2D eigenvalue weighted by Gasteiger charge is 2.15. The van der Waals surface area contributed by atoms with Gasteiger partial charge in [-0.3, -0.25) is 4.79 Å². The zero-order valence-electron chi connectivity index (χ0n) is 14.9. The van der Waals surface area contributed by atoms with Crippen LogP contribution in [0.25, 0.3) is 22.2 Å². The molecule has 1 amide bonds. The molecular weight excluding hydrogens is 374 g/mol. The van der Waals surface area contributed by atoms with Gasteiger partial charge in [-0.15, -0.1) is 11.3 Å². The van der Waals surface area contributed by atoms with E-state index in [0.29, 0.717) is 24.8 Å². The third kappa shape index (κ3) is 3.20. The molecule has 1 aliphatic heterocycles. The number of benzene rings is 2. The molecule has 6 nitrogen and oxygen atoms in total. The third-order valence-electron chi connectivity index (χ3n) is 4.61. The summed E-state index contributed by atoms with van der Waals surface area (Å²) in [4.78, 5) is 20.2. The number of para-hydroxylation sites is 1. The molecule has 5 rings (SSSR count). The summed E-state index contributed by atoms with van der Waals surface area (Å²) in [6.07, 6.45) is 2.18. The van der Waals surface area contributed by atoms with Gasteiger partial charge in [-0.1, -0.05) is 18.2 Å². The van der Waals surface area contributed by atoms with Crippen molar-refractivity contribution in [3.63, 3.8) is 0 Å². The van der Waals surface area contributed by atoms with Crippen molar-refractivity contribution in [1.29, 1.82) is 0 Å². The Balaban J connectivity index is 1.30.